The quantitative estimate of drug-likeness (QED) is 0.0134. The maximum absolute atomic E-state index is 12.5. The number of nitrogens with zero attached hydrogens (tertiary/aromatic N) is 4. The molecule has 20 heteroatoms. The summed E-state index contributed by atoms with van der Waals surface area (Å²) >= 11 is 0. The molecule has 11 atom stereocenters. The number of amidine groups is 1. The van der Waals surface area contributed by atoms with Crippen molar-refractivity contribution in [1.29, 1.82) is 0 Å². The number of unbranched alkanes of at least 4 members (excludes halogenated alkanes) is 3. The Balaban J connectivity index is 1.84. The highest BCUT2D eigenvalue weighted by atomic mass is 16.7. The fourth-order valence-electron chi connectivity index (χ4n) is 5.19. The Morgan fingerprint density at radius 2 is 1.59 bits per heavy atom. The standard InChI is InChI=1S/C29H52N6O14/c1-4-45-26(42)16(10-7-9-13-33-35-31)34-19(36)11-6-5-8-12-32-29(30)49-25-21(38)17(14-43-2)48-28(24(25)41)46-15-18-20(37)22(39)23(40)27(44-3)47-18/h16-18,20-25,27-28,37-41H,4-15H2,1-3H3,(H2,30,32)(H,34,36)/t16-,17?,18?,20+,21+,22-,23?,24?,25-,27-,28-/m0/s1. The van der Waals surface area contributed by atoms with E-state index in [-0.39, 0.29) is 38.1 Å². The number of carbonyl (C=O) groups excluding carboxylic acids is 2. The van der Waals surface area contributed by atoms with Gasteiger partial charge in [-0.1, -0.05) is 18.0 Å². The average Bonchev–Trinajstić information content (AvgIpc) is 3.08. The van der Waals surface area contributed by atoms with E-state index < -0.39 is 80.0 Å². The second kappa shape index (κ2) is 22.8. The first kappa shape index (κ1) is 42.3. The molecule has 282 valence electrons. The molecule has 49 heavy (non-hydrogen) atoms. The number of amides is 1. The number of hydrogen-bond acceptors (Lipinski definition) is 16. The van der Waals surface area contributed by atoms with Gasteiger partial charge in [-0.05, 0) is 38.1 Å². The SMILES string of the molecule is CCOC(=O)[C@H](CCCCN=[N+]=[N-])NC(=O)CCCCCN=C(N)O[C@@H]1C(O)[C@@H](OCC2O[C@H](OC)C(O)[C@@H](O)[C@@H]2O)OC(COC)[C@H]1O. The maximum atomic E-state index is 12.5. The van der Waals surface area contributed by atoms with Gasteiger partial charge in [-0.3, -0.25) is 4.79 Å². The van der Waals surface area contributed by atoms with Crippen LogP contribution in [0.2, 0.25) is 0 Å². The highest BCUT2D eigenvalue weighted by Gasteiger charge is 2.49. The van der Waals surface area contributed by atoms with Crippen molar-refractivity contribution in [2.45, 2.75) is 119 Å². The van der Waals surface area contributed by atoms with Crippen LogP contribution in [0.4, 0.5) is 0 Å². The number of hydrogen-bond donors (Lipinski definition) is 7. The molecule has 1 amide bonds. The summed E-state index contributed by atoms with van der Waals surface area (Å²) < 4.78 is 37.5. The Morgan fingerprint density at radius 1 is 0.898 bits per heavy atom. The molecular formula is C29H52N6O14. The van der Waals surface area contributed by atoms with Gasteiger partial charge in [-0.25, -0.2) is 9.79 Å². The summed E-state index contributed by atoms with van der Waals surface area (Å²) in [7, 11) is 2.63. The summed E-state index contributed by atoms with van der Waals surface area (Å²) in [5.74, 6) is -0.824. The number of nitrogens with one attached hydrogen (secondary N) is 1. The summed E-state index contributed by atoms with van der Waals surface area (Å²) in [4.78, 5) is 31.5. The topological polar surface area (TPSA) is 299 Å². The second-order valence-electron chi connectivity index (χ2n) is 11.5. The fraction of sp³-hybridized carbons (Fsp3) is 0.897. The van der Waals surface area contributed by atoms with Gasteiger partial charge in [0.15, 0.2) is 18.7 Å². The normalized spacial score (nSPS) is 31.0. The lowest BCUT2D eigenvalue weighted by molar-refractivity contribution is -0.327. The number of rotatable bonds is 21. The van der Waals surface area contributed by atoms with Crippen molar-refractivity contribution in [2.75, 3.05) is 47.1 Å². The molecule has 0 saturated carbocycles. The van der Waals surface area contributed by atoms with Crippen molar-refractivity contribution < 1.29 is 68.3 Å². The Hall–Kier alpha value is -2.88. The Kier molecular flexibility index (Phi) is 19.6. The van der Waals surface area contributed by atoms with Crippen molar-refractivity contribution in [1.82, 2.24) is 5.32 Å². The van der Waals surface area contributed by atoms with Gasteiger partial charge in [-0.2, -0.15) is 0 Å². The van der Waals surface area contributed by atoms with E-state index in [4.69, 9.17) is 44.4 Å². The Morgan fingerprint density at radius 3 is 2.27 bits per heavy atom. The first-order valence-electron chi connectivity index (χ1n) is 16.3. The zero-order valence-electron chi connectivity index (χ0n) is 28.1. The number of methoxy groups -OCH3 is 2. The molecule has 0 aliphatic carbocycles. The van der Waals surface area contributed by atoms with Gasteiger partial charge in [0.2, 0.25) is 5.91 Å². The lowest BCUT2D eigenvalue weighted by Crippen LogP contribution is -2.62. The van der Waals surface area contributed by atoms with Crippen LogP contribution < -0.4 is 11.1 Å². The molecular weight excluding hydrogens is 656 g/mol. The van der Waals surface area contributed by atoms with Crippen LogP contribution in [-0.4, -0.2) is 158 Å². The molecule has 2 aliphatic heterocycles. The minimum Gasteiger partial charge on any atom is -0.464 e. The number of aliphatic imine (C=N–C) groups is 1. The van der Waals surface area contributed by atoms with E-state index in [1.165, 1.54) is 14.2 Å². The van der Waals surface area contributed by atoms with Gasteiger partial charge < -0.3 is 69.7 Å². The van der Waals surface area contributed by atoms with Crippen molar-refractivity contribution in [2.24, 2.45) is 15.8 Å². The molecule has 20 nitrogen and oxygen atoms in total. The van der Waals surface area contributed by atoms with Crippen LogP contribution >= 0.6 is 0 Å². The number of azide groups is 1. The highest BCUT2D eigenvalue weighted by Crippen LogP contribution is 2.27. The van der Waals surface area contributed by atoms with E-state index in [9.17, 15) is 35.1 Å². The molecule has 0 aromatic carbocycles. The molecule has 0 aromatic rings. The molecule has 4 unspecified atom stereocenters. The summed E-state index contributed by atoms with van der Waals surface area (Å²) in [6.45, 7) is 1.87. The number of esters is 1. The highest BCUT2D eigenvalue weighted by molar-refractivity contribution is 5.84. The number of nitrogens with two attached hydrogens (primary N) is 1. The van der Waals surface area contributed by atoms with E-state index in [2.05, 4.69) is 20.3 Å². The minimum absolute atomic E-state index is 0.102. The molecule has 2 aliphatic rings. The van der Waals surface area contributed by atoms with Crippen molar-refractivity contribution in [3.8, 4) is 0 Å². The fourth-order valence-corrected chi connectivity index (χ4v) is 5.19. The lowest BCUT2D eigenvalue weighted by Gasteiger charge is -2.43. The van der Waals surface area contributed by atoms with Crippen LogP contribution in [-0.2, 0) is 42.7 Å². The number of ether oxygens (including phenoxy) is 7. The monoisotopic (exact) mass is 708 g/mol. The number of carbonyl (C=O) groups is 2. The predicted octanol–water partition coefficient (Wildman–Crippen LogP) is -1.66. The van der Waals surface area contributed by atoms with Crippen LogP contribution in [0.15, 0.2) is 10.1 Å². The summed E-state index contributed by atoms with van der Waals surface area (Å²) in [6.07, 6.45) is -10.5. The first-order chi connectivity index (χ1) is 23.5. The number of aliphatic hydroxyl groups excluding tert-OH is 5. The van der Waals surface area contributed by atoms with Crippen molar-refractivity contribution in [3.63, 3.8) is 0 Å². The van der Waals surface area contributed by atoms with Crippen LogP contribution in [0.5, 0.6) is 0 Å². The van der Waals surface area contributed by atoms with E-state index in [1.807, 2.05) is 0 Å². The third-order valence-corrected chi connectivity index (χ3v) is 7.86. The van der Waals surface area contributed by atoms with Crippen LogP contribution in [0.1, 0.15) is 51.9 Å². The lowest BCUT2D eigenvalue weighted by atomic mass is 9.98. The van der Waals surface area contributed by atoms with Gasteiger partial charge in [0.1, 0.15) is 48.8 Å². The number of aliphatic hydroxyl groups is 5. The average molecular weight is 709 g/mol. The molecule has 2 rings (SSSR count). The third kappa shape index (κ3) is 13.7. The van der Waals surface area contributed by atoms with Crippen LogP contribution in [0.25, 0.3) is 10.4 Å². The molecule has 2 heterocycles. The zero-order chi connectivity index (χ0) is 36.3. The van der Waals surface area contributed by atoms with Crippen molar-refractivity contribution in [3.05, 3.63) is 10.4 Å². The second-order valence-corrected chi connectivity index (χ2v) is 11.5. The third-order valence-electron chi connectivity index (χ3n) is 7.86. The first-order valence-corrected chi connectivity index (χ1v) is 16.3. The summed E-state index contributed by atoms with van der Waals surface area (Å²) in [5.41, 5.74) is 14.3. The Labute approximate surface area is 284 Å². The minimum atomic E-state index is -1.59. The zero-order valence-corrected chi connectivity index (χ0v) is 28.1. The largest absolute Gasteiger partial charge is 0.464 e. The van der Waals surface area contributed by atoms with Gasteiger partial charge in [0.05, 0.1) is 19.8 Å². The summed E-state index contributed by atoms with van der Waals surface area (Å²) in [5, 5.41) is 58.3. The van der Waals surface area contributed by atoms with Crippen molar-refractivity contribution >= 4 is 17.9 Å². The smallest absolute Gasteiger partial charge is 0.328 e. The molecule has 8 N–H and O–H groups in total. The van der Waals surface area contributed by atoms with Crippen LogP contribution in [0, 0.1) is 0 Å². The van der Waals surface area contributed by atoms with Gasteiger partial charge in [-0.15, -0.1) is 0 Å². The predicted molar refractivity (Wildman–Crippen MR) is 168 cm³/mol. The van der Waals surface area contributed by atoms with E-state index in [1.54, 1.807) is 6.92 Å². The van der Waals surface area contributed by atoms with Gasteiger partial charge in [0, 0.05) is 38.6 Å². The summed E-state index contributed by atoms with van der Waals surface area (Å²) in [6, 6.07) is -1.11. The molecule has 2 saturated heterocycles. The van der Waals surface area contributed by atoms with Gasteiger partial charge in [0.25, 0.3) is 6.02 Å². The molecule has 0 radical (unpaired) electrons. The molecule has 0 bridgehead atoms. The molecule has 0 aromatic heterocycles. The van der Waals surface area contributed by atoms with E-state index in [0.29, 0.717) is 45.1 Å². The van der Waals surface area contributed by atoms with E-state index >= 15 is 0 Å². The Bertz CT molecular complexity index is 1070. The maximum Gasteiger partial charge on any atom is 0.328 e. The van der Waals surface area contributed by atoms with Crippen LogP contribution in [0.3, 0.4) is 0 Å². The molecule has 0 spiro atoms. The molecule has 2 fully saturated rings. The van der Waals surface area contributed by atoms with Gasteiger partial charge >= 0.3 is 5.97 Å². The van der Waals surface area contributed by atoms with E-state index in [0.717, 1.165) is 0 Å².